The molecule has 2 aromatic rings. The summed E-state index contributed by atoms with van der Waals surface area (Å²) in [5, 5.41) is 6.49. The molecule has 0 radical (unpaired) electrons. The molecule has 1 aromatic heterocycles. The number of anilines is 1. The Kier molecular flexibility index (Phi) is 5.15. The van der Waals surface area contributed by atoms with Crippen LogP contribution in [0.2, 0.25) is 5.02 Å². The average molecular weight is 351 g/mol. The Labute approximate surface area is 144 Å². The number of amides is 1. The van der Waals surface area contributed by atoms with E-state index in [1.165, 1.54) is 11.3 Å². The third-order valence-electron chi connectivity index (χ3n) is 3.84. The van der Waals surface area contributed by atoms with Crippen LogP contribution in [0, 0.1) is 0 Å². The van der Waals surface area contributed by atoms with Crippen molar-refractivity contribution >= 4 is 34.5 Å². The Hall–Kier alpha value is -1.63. The fourth-order valence-electron chi connectivity index (χ4n) is 2.70. The van der Waals surface area contributed by atoms with Gasteiger partial charge in [-0.1, -0.05) is 17.7 Å². The Morgan fingerprint density at radius 2 is 2.39 bits per heavy atom. The second kappa shape index (κ2) is 7.29. The number of nitrogens with two attached hydrogens (primary N) is 1. The van der Waals surface area contributed by atoms with E-state index >= 15 is 0 Å². The summed E-state index contributed by atoms with van der Waals surface area (Å²) in [4.78, 5) is 18.8. The smallest absolute Gasteiger partial charge is 0.271 e. The second-order valence-electron chi connectivity index (χ2n) is 5.55. The first-order valence-corrected chi connectivity index (χ1v) is 8.87. The van der Waals surface area contributed by atoms with E-state index in [0.29, 0.717) is 18.7 Å². The zero-order valence-corrected chi connectivity index (χ0v) is 14.2. The molecule has 1 aromatic carbocycles. The number of carbonyl (C=O) groups is 1. The lowest BCUT2D eigenvalue weighted by Gasteiger charge is -2.19. The van der Waals surface area contributed by atoms with Crippen molar-refractivity contribution in [2.24, 2.45) is 5.73 Å². The third kappa shape index (κ3) is 4.02. The molecule has 0 saturated carbocycles. The van der Waals surface area contributed by atoms with Crippen LogP contribution in [0.3, 0.4) is 0 Å². The zero-order valence-electron chi connectivity index (χ0n) is 12.7. The van der Waals surface area contributed by atoms with E-state index in [1.807, 2.05) is 24.3 Å². The van der Waals surface area contributed by atoms with E-state index in [2.05, 4.69) is 15.2 Å². The van der Waals surface area contributed by atoms with E-state index < -0.39 is 0 Å². The highest BCUT2D eigenvalue weighted by Crippen LogP contribution is 2.23. The van der Waals surface area contributed by atoms with Crippen LogP contribution in [0.15, 0.2) is 29.6 Å². The number of rotatable bonds is 5. The largest absolute Gasteiger partial charge is 0.369 e. The summed E-state index contributed by atoms with van der Waals surface area (Å²) in [5.74, 6) is -0.109. The quantitative estimate of drug-likeness (QED) is 0.868. The van der Waals surface area contributed by atoms with Gasteiger partial charge in [-0.15, -0.1) is 11.3 Å². The van der Waals surface area contributed by atoms with Crippen LogP contribution < -0.4 is 16.0 Å². The van der Waals surface area contributed by atoms with Crippen molar-refractivity contribution in [3.63, 3.8) is 0 Å². The minimum absolute atomic E-state index is 0.109. The van der Waals surface area contributed by atoms with Crippen molar-refractivity contribution in [2.75, 3.05) is 24.5 Å². The van der Waals surface area contributed by atoms with Gasteiger partial charge in [0.05, 0.1) is 5.01 Å². The lowest BCUT2D eigenvalue weighted by molar-refractivity contribution is 0.0936. The van der Waals surface area contributed by atoms with Gasteiger partial charge in [-0.05, 0) is 31.2 Å². The maximum Gasteiger partial charge on any atom is 0.271 e. The molecule has 122 valence electrons. The molecule has 1 aliphatic heterocycles. The molecule has 1 atom stereocenters. The summed E-state index contributed by atoms with van der Waals surface area (Å²) in [6.45, 7) is 2.23. The summed E-state index contributed by atoms with van der Waals surface area (Å²) in [7, 11) is 0. The van der Waals surface area contributed by atoms with Crippen LogP contribution >= 0.6 is 22.9 Å². The number of aromatic nitrogens is 1. The number of nitrogens with zero attached hydrogens (tertiary/aromatic N) is 2. The summed E-state index contributed by atoms with van der Waals surface area (Å²) < 4.78 is 0. The maximum absolute atomic E-state index is 12.3. The molecule has 1 saturated heterocycles. The molecule has 2 heterocycles. The van der Waals surface area contributed by atoms with E-state index in [4.69, 9.17) is 17.3 Å². The second-order valence-corrected chi connectivity index (χ2v) is 6.93. The van der Waals surface area contributed by atoms with Gasteiger partial charge in [-0.2, -0.15) is 0 Å². The highest BCUT2D eigenvalue weighted by Gasteiger charge is 2.25. The van der Waals surface area contributed by atoms with Gasteiger partial charge in [0.1, 0.15) is 5.69 Å². The molecule has 1 aliphatic rings. The summed E-state index contributed by atoms with van der Waals surface area (Å²) in [5.41, 5.74) is 7.09. The Morgan fingerprint density at radius 3 is 3.17 bits per heavy atom. The van der Waals surface area contributed by atoms with E-state index in [0.717, 1.165) is 35.2 Å². The first-order chi connectivity index (χ1) is 11.2. The highest BCUT2D eigenvalue weighted by atomic mass is 35.5. The predicted molar refractivity (Wildman–Crippen MR) is 94.4 cm³/mol. The number of benzene rings is 1. The van der Waals surface area contributed by atoms with Crippen LogP contribution in [0.1, 0.15) is 21.9 Å². The Balaban J connectivity index is 1.57. The van der Waals surface area contributed by atoms with Crippen molar-refractivity contribution in [3.8, 4) is 0 Å². The van der Waals surface area contributed by atoms with Crippen molar-refractivity contribution < 1.29 is 4.79 Å². The molecule has 1 unspecified atom stereocenters. The van der Waals surface area contributed by atoms with Crippen molar-refractivity contribution in [1.82, 2.24) is 10.3 Å². The first-order valence-electron chi connectivity index (χ1n) is 7.61. The van der Waals surface area contributed by atoms with Crippen LogP contribution in [-0.4, -0.2) is 36.6 Å². The van der Waals surface area contributed by atoms with Gasteiger partial charge in [-0.25, -0.2) is 4.98 Å². The van der Waals surface area contributed by atoms with E-state index in [-0.39, 0.29) is 11.9 Å². The number of hydrogen-bond donors (Lipinski definition) is 2. The number of halogens is 1. The third-order valence-corrected chi connectivity index (χ3v) is 4.98. The minimum Gasteiger partial charge on any atom is -0.369 e. The normalized spacial score (nSPS) is 17.5. The lowest BCUT2D eigenvalue weighted by Crippen LogP contribution is -2.37. The zero-order chi connectivity index (χ0) is 16.2. The van der Waals surface area contributed by atoms with Gasteiger partial charge in [0.25, 0.3) is 5.91 Å². The Bertz CT molecular complexity index is 690. The predicted octanol–water partition coefficient (Wildman–Crippen LogP) is 2.31. The van der Waals surface area contributed by atoms with Crippen LogP contribution in [0.25, 0.3) is 0 Å². The van der Waals surface area contributed by atoms with E-state index in [9.17, 15) is 4.79 Å². The molecule has 5 nitrogen and oxygen atoms in total. The number of thiazole rings is 1. The average Bonchev–Trinajstić information content (AvgIpc) is 3.17. The molecule has 0 aliphatic carbocycles. The fourth-order valence-corrected chi connectivity index (χ4v) is 3.68. The molecular formula is C16H19ClN4OS. The van der Waals surface area contributed by atoms with Gasteiger partial charge in [0.15, 0.2) is 0 Å². The molecular weight excluding hydrogens is 332 g/mol. The first kappa shape index (κ1) is 16.2. The number of nitrogens with one attached hydrogen (secondary N) is 1. The Morgan fingerprint density at radius 1 is 1.52 bits per heavy atom. The molecule has 1 amide bonds. The van der Waals surface area contributed by atoms with Gasteiger partial charge in [-0.3, -0.25) is 4.79 Å². The van der Waals surface area contributed by atoms with Gasteiger partial charge in [0.2, 0.25) is 0 Å². The van der Waals surface area contributed by atoms with Crippen LogP contribution in [-0.2, 0) is 6.42 Å². The SMILES string of the molecule is NCCc1nc(C(=O)NC2CCN(c3cccc(Cl)c3)C2)cs1. The van der Waals surface area contributed by atoms with E-state index in [1.54, 1.807) is 5.38 Å². The maximum atomic E-state index is 12.3. The summed E-state index contributed by atoms with van der Waals surface area (Å²) >= 11 is 7.52. The topological polar surface area (TPSA) is 71.2 Å². The number of hydrogen-bond acceptors (Lipinski definition) is 5. The van der Waals surface area contributed by atoms with Gasteiger partial charge in [0, 0.05) is 41.6 Å². The molecule has 1 fully saturated rings. The molecule has 3 rings (SSSR count). The standard InChI is InChI=1S/C16H19ClN4OS/c17-11-2-1-3-13(8-11)21-7-5-12(9-21)19-16(22)14-10-23-15(20-14)4-6-18/h1-3,8,10,12H,4-7,9,18H2,(H,19,22). The molecule has 7 heteroatoms. The molecule has 0 bridgehead atoms. The molecule has 23 heavy (non-hydrogen) atoms. The van der Waals surface area contributed by atoms with Crippen molar-refractivity contribution in [3.05, 3.63) is 45.4 Å². The lowest BCUT2D eigenvalue weighted by atomic mass is 10.2. The summed E-state index contributed by atoms with van der Waals surface area (Å²) in [6.07, 6.45) is 1.63. The van der Waals surface area contributed by atoms with Gasteiger partial charge < -0.3 is 16.0 Å². The number of carbonyl (C=O) groups excluding carboxylic acids is 1. The highest BCUT2D eigenvalue weighted by molar-refractivity contribution is 7.09. The van der Waals surface area contributed by atoms with Crippen LogP contribution in [0.4, 0.5) is 5.69 Å². The fraction of sp³-hybridized carbons (Fsp3) is 0.375. The molecule has 0 spiro atoms. The van der Waals surface area contributed by atoms with Crippen LogP contribution in [0.5, 0.6) is 0 Å². The van der Waals surface area contributed by atoms with Crippen molar-refractivity contribution in [2.45, 2.75) is 18.9 Å². The summed E-state index contributed by atoms with van der Waals surface area (Å²) in [6, 6.07) is 7.92. The monoisotopic (exact) mass is 350 g/mol. The van der Waals surface area contributed by atoms with Crippen molar-refractivity contribution in [1.29, 1.82) is 0 Å². The molecule has 3 N–H and O–H groups in total. The van der Waals surface area contributed by atoms with Gasteiger partial charge >= 0.3 is 0 Å². The minimum atomic E-state index is -0.109.